The molecule has 2 amide bonds. The third-order valence-corrected chi connectivity index (χ3v) is 9.56. The van der Waals surface area contributed by atoms with Gasteiger partial charge in [-0.3, -0.25) is 24.4 Å². The minimum atomic E-state index is -4.62. The number of aliphatic hydroxyl groups is 2. The number of ether oxygens (including phenoxy) is 1. The highest BCUT2D eigenvalue weighted by Crippen LogP contribution is 2.32. The Balaban J connectivity index is 1.15. The fourth-order valence-electron chi connectivity index (χ4n) is 6.95. The number of aliphatic hydroxyl groups excluding tert-OH is 2. The van der Waals surface area contributed by atoms with Crippen molar-refractivity contribution in [2.75, 3.05) is 39.3 Å². The van der Waals surface area contributed by atoms with Crippen molar-refractivity contribution in [2.45, 2.75) is 49.9 Å². The highest BCUT2D eigenvalue weighted by atomic mass is 19.4. The summed E-state index contributed by atoms with van der Waals surface area (Å²) in [4.78, 5) is 34.9. The van der Waals surface area contributed by atoms with E-state index < -0.39 is 60.6 Å². The van der Waals surface area contributed by atoms with Crippen molar-refractivity contribution in [2.24, 2.45) is 5.92 Å². The van der Waals surface area contributed by atoms with Crippen LogP contribution in [0.4, 0.5) is 17.6 Å². The number of fused-ring (bicyclic) bond motifs is 1. The van der Waals surface area contributed by atoms with Crippen LogP contribution in [0.1, 0.15) is 29.2 Å². The minimum absolute atomic E-state index is 0.0149. The van der Waals surface area contributed by atoms with Crippen molar-refractivity contribution < 1.29 is 42.1 Å². The van der Waals surface area contributed by atoms with Crippen molar-refractivity contribution in [3.8, 4) is 11.4 Å². The number of pyridine rings is 1. The van der Waals surface area contributed by atoms with E-state index in [0.717, 1.165) is 11.1 Å². The summed E-state index contributed by atoms with van der Waals surface area (Å²) in [6, 6.07) is 17.0. The first kappa shape index (κ1) is 37.9. The van der Waals surface area contributed by atoms with E-state index in [4.69, 9.17) is 4.74 Å². The number of benzene rings is 2. The van der Waals surface area contributed by atoms with Crippen molar-refractivity contribution in [3.63, 3.8) is 0 Å². The molecule has 2 aliphatic heterocycles. The van der Waals surface area contributed by atoms with Crippen LogP contribution >= 0.6 is 0 Å². The molecule has 11 nitrogen and oxygen atoms in total. The van der Waals surface area contributed by atoms with E-state index in [9.17, 15) is 37.4 Å². The number of hydrogen-bond donors (Lipinski definition) is 4. The van der Waals surface area contributed by atoms with E-state index in [1.165, 1.54) is 6.07 Å². The van der Waals surface area contributed by atoms with Crippen LogP contribution in [0, 0.1) is 11.7 Å². The maximum absolute atomic E-state index is 14.4. The standard InChI is InChI=1S/C38H42F4N6O5/c39-30-8-2-3-9-31(30)47-13-11-26(20-47)19-46-14-15-48(32(22-46)37(52)44-24-38(40,41)42)21-28(49)17-27(16-25-6-5-12-43-18-25)36(51)45-35-29-7-1-4-10-34(29)53-23-33(35)50/h1-13,18,20,27-28,32-33,35,49-50H,14-17,19,21-24H2,(H,44,52)(H,45,51)/t27-,28+,32+,33-,35+/m1/s1. The fourth-order valence-corrected chi connectivity index (χ4v) is 6.95. The van der Waals surface area contributed by atoms with Gasteiger partial charge >= 0.3 is 6.18 Å². The minimum Gasteiger partial charge on any atom is -0.490 e. The average Bonchev–Trinajstić information content (AvgIpc) is 3.60. The first-order valence-corrected chi connectivity index (χ1v) is 17.4. The van der Waals surface area contributed by atoms with E-state index in [2.05, 4.69) is 10.3 Å². The Hall–Kier alpha value is -4.83. The molecular weight excluding hydrogens is 696 g/mol. The summed E-state index contributed by atoms with van der Waals surface area (Å²) in [5.41, 5.74) is 2.55. The van der Waals surface area contributed by atoms with Crippen LogP contribution in [0.5, 0.6) is 5.75 Å². The van der Waals surface area contributed by atoms with E-state index in [1.807, 2.05) is 22.3 Å². The molecule has 0 aliphatic carbocycles. The molecule has 15 heteroatoms. The fraction of sp³-hybridized carbons (Fsp3) is 0.395. The Morgan fingerprint density at radius 3 is 2.58 bits per heavy atom. The zero-order valence-electron chi connectivity index (χ0n) is 28.8. The number of nitrogens with zero attached hydrogens (tertiary/aromatic N) is 4. The molecule has 2 aliphatic rings. The zero-order valence-corrected chi connectivity index (χ0v) is 28.8. The molecule has 4 N–H and O–H groups in total. The number of carbonyl (C=O) groups is 2. The zero-order chi connectivity index (χ0) is 37.5. The van der Waals surface area contributed by atoms with Gasteiger partial charge in [-0.2, -0.15) is 13.2 Å². The van der Waals surface area contributed by atoms with E-state index in [1.54, 1.807) is 82.8 Å². The molecule has 4 aromatic rings. The molecule has 2 aromatic heterocycles. The number of carbonyl (C=O) groups excluding carboxylic acids is 2. The summed E-state index contributed by atoms with van der Waals surface area (Å²) < 4.78 is 61.0. The number of para-hydroxylation sites is 2. The molecule has 5 atom stereocenters. The van der Waals surface area contributed by atoms with Crippen molar-refractivity contribution in [3.05, 3.63) is 114 Å². The van der Waals surface area contributed by atoms with Crippen LogP contribution in [0.3, 0.4) is 0 Å². The Kier molecular flexibility index (Phi) is 12.1. The number of nitrogens with one attached hydrogen (secondary N) is 2. The van der Waals surface area contributed by atoms with E-state index >= 15 is 0 Å². The van der Waals surface area contributed by atoms with Crippen LogP contribution < -0.4 is 15.4 Å². The lowest BCUT2D eigenvalue weighted by molar-refractivity contribution is -0.143. The van der Waals surface area contributed by atoms with E-state index in [0.29, 0.717) is 30.1 Å². The smallest absolute Gasteiger partial charge is 0.405 e. The monoisotopic (exact) mass is 738 g/mol. The van der Waals surface area contributed by atoms with Gasteiger partial charge < -0.3 is 30.2 Å². The number of aromatic nitrogens is 2. The lowest BCUT2D eigenvalue weighted by Gasteiger charge is -2.41. The molecule has 4 heterocycles. The third-order valence-electron chi connectivity index (χ3n) is 9.56. The number of piperazine rings is 1. The SMILES string of the molecule is O=C(N[C@H]1c2ccccc2OC[C@H]1O)[C@H](Cc1cccnc1)C[C@H](O)CN1CCN(Cc2ccn(-c3ccccc3F)c2)C[C@H]1C(=O)NCC(F)(F)F. The number of β-amino-alcohol motifs (C(OH)–C–C–N with tert-alkyl or cyclic N) is 1. The maximum atomic E-state index is 14.4. The van der Waals surface area contributed by atoms with Gasteiger partial charge in [-0.1, -0.05) is 36.4 Å². The molecule has 53 heavy (non-hydrogen) atoms. The normalized spacial score (nSPS) is 20.5. The second-order valence-electron chi connectivity index (χ2n) is 13.5. The molecule has 6 rings (SSSR count). The van der Waals surface area contributed by atoms with Gasteiger partial charge in [0.05, 0.1) is 17.8 Å². The van der Waals surface area contributed by atoms with Gasteiger partial charge in [0.1, 0.15) is 36.9 Å². The highest BCUT2D eigenvalue weighted by Gasteiger charge is 2.38. The first-order chi connectivity index (χ1) is 25.4. The highest BCUT2D eigenvalue weighted by molar-refractivity contribution is 5.82. The predicted molar refractivity (Wildman–Crippen MR) is 186 cm³/mol. The number of hydrogen-bond acceptors (Lipinski definition) is 8. The number of amides is 2. The van der Waals surface area contributed by atoms with Gasteiger partial charge in [0, 0.05) is 69.0 Å². The van der Waals surface area contributed by atoms with Crippen LogP contribution in [-0.2, 0) is 22.6 Å². The lowest BCUT2D eigenvalue weighted by Crippen LogP contribution is -2.60. The molecule has 0 radical (unpaired) electrons. The molecule has 0 unspecified atom stereocenters. The molecule has 0 bridgehead atoms. The second kappa shape index (κ2) is 16.9. The summed E-state index contributed by atoms with van der Waals surface area (Å²) in [5, 5.41) is 27.1. The largest absolute Gasteiger partial charge is 0.490 e. The van der Waals surface area contributed by atoms with Gasteiger partial charge in [-0.15, -0.1) is 0 Å². The Labute approximate surface area is 304 Å². The van der Waals surface area contributed by atoms with Gasteiger partial charge in [-0.05, 0) is 54.3 Å². The Morgan fingerprint density at radius 2 is 1.81 bits per heavy atom. The van der Waals surface area contributed by atoms with Crippen LogP contribution in [-0.4, -0.2) is 105 Å². The predicted octanol–water partition coefficient (Wildman–Crippen LogP) is 3.40. The Morgan fingerprint density at radius 1 is 1.02 bits per heavy atom. The lowest BCUT2D eigenvalue weighted by atomic mass is 9.91. The van der Waals surface area contributed by atoms with Gasteiger partial charge in [0.25, 0.3) is 0 Å². The summed E-state index contributed by atoms with van der Waals surface area (Å²) >= 11 is 0. The molecule has 282 valence electrons. The van der Waals surface area contributed by atoms with Crippen LogP contribution in [0.25, 0.3) is 5.69 Å². The topological polar surface area (TPSA) is 132 Å². The number of halogens is 4. The molecular formula is C38H42F4N6O5. The summed E-state index contributed by atoms with van der Waals surface area (Å²) in [6.07, 6.45) is 0.107. The molecule has 0 saturated carbocycles. The molecule has 2 aromatic carbocycles. The summed E-state index contributed by atoms with van der Waals surface area (Å²) in [6.45, 7) is -0.489. The summed E-state index contributed by atoms with van der Waals surface area (Å²) in [7, 11) is 0. The van der Waals surface area contributed by atoms with Crippen LogP contribution in [0.15, 0.2) is 91.5 Å². The summed E-state index contributed by atoms with van der Waals surface area (Å²) in [5.74, 6) is -1.88. The number of rotatable bonds is 13. The first-order valence-electron chi connectivity index (χ1n) is 17.4. The molecule has 0 spiro atoms. The maximum Gasteiger partial charge on any atom is 0.405 e. The quantitative estimate of drug-likeness (QED) is 0.154. The van der Waals surface area contributed by atoms with Gasteiger partial charge in [0.2, 0.25) is 11.8 Å². The molecule has 1 fully saturated rings. The van der Waals surface area contributed by atoms with Gasteiger partial charge in [0.15, 0.2) is 0 Å². The van der Waals surface area contributed by atoms with Crippen LogP contribution in [0.2, 0.25) is 0 Å². The molecule has 1 saturated heterocycles. The number of alkyl halides is 3. The third kappa shape index (κ3) is 9.99. The average molecular weight is 739 g/mol. The van der Waals surface area contributed by atoms with E-state index in [-0.39, 0.29) is 39.1 Å². The van der Waals surface area contributed by atoms with Gasteiger partial charge in [-0.25, -0.2) is 4.39 Å². The second-order valence-corrected chi connectivity index (χ2v) is 13.5. The van der Waals surface area contributed by atoms with Crippen molar-refractivity contribution >= 4 is 11.8 Å². The Bertz CT molecular complexity index is 1840. The van der Waals surface area contributed by atoms with Crippen molar-refractivity contribution in [1.82, 2.24) is 30.0 Å². The van der Waals surface area contributed by atoms with Crippen molar-refractivity contribution in [1.29, 1.82) is 0 Å².